The molecule has 0 aliphatic rings. The van der Waals surface area contributed by atoms with Crippen LogP contribution in [-0.2, 0) is 4.79 Å². The minimum Gasteiger partial charge on any atom is -0.359 e. The van der Waals surface area contributed by atoms with Crippen LogP contribution >= 0.6 is 0 Å². The van der Waals surface area contributed by atoms with E-state index in [1.54, 1.807) is 7.05 Å². The monoisotopic (exact) mass is 199 g/mol. The molecule has 0 radical (unpaired) electrons. The maximum Gasteiger partial charge on any atom is 0.219 e. The Bertz CT molecular complexity index is 184. The predicted octanol–water partition coefficient (Wildman–Crippen LogP) is 2.41. The van der Waals surface area contributed by atoms with Crippen LogP contribution in [0.5, 0.6) is 0 Å². The van der Waals surface area contributed by atoms with Gasteiger partial charge in [-0.05, 0) is 12.0 Å². The molecule has 0 saturated carbocycles. The molecule has 1 atom stereocenters. The third-order valence-corrected chi connectivity index (χ3v) is 5.28. The van der Waals surface area contributed by atoms with Crippen molar-refractivity contribution >= 4 is 14.0 Å². The van der Waals surface area contributed by atoms with Gasteiger partial charge in [-0.3, -0.25) is 4.79 Å². The largest absolute Gasteiger partial charge is 0.359 e. The zero-order valence-electron chi connectivity index (χ0n) is 9.18. The highest BCUT2D eigenvalue weighted by molar-refractivity contribution is 6.77. The van der Waals surface area contributed by atoms with Gasteiger partial charge in [0.15, 0.2) is 0 Å². The second-order valence-corrected chi connectivity index (χ2v) is 10.0. The van der Waals surface area contributed by atoms with Crippen LogP contribution in [0.1, 0.15) is 12.8 Å². The van der Waals surface area contributed by atoms with Crippen LogP contribution in [0.25, 0.3) is 0 Å². The SMILES string of the molecule is C=CCC(CC(=O)NC)[Si](C)(C)C. The van der Waals surface area contributed by atoms with Crippen molar-refractivity contribution in [3.63, 3.8) is 0 Å². The van der Waals surface area contributed by atoms with E-state index in [1.807, 2.05) is 6.08 Å². The Morgan fingerprint density at radius 1 is 1.54 bits per heavy atom. The Morgan fingerprint density at radius 3 is 2.38 bits per heavy atom. The molecule has 1 unspecified atom stereocenters. The standard InChI is InChI=1S/C10H21NOSi/c1-6-7-9(13(3,4)5)8-10(12)11-2/h6,9H,1,7-8H2,2-5H3,(H,11,12). The molecule has 1 N–H and O–H groups in total. The molecule has 1 amide bonds. The Balaban J connectivity index is 4.26. The summed E-state index contributed by atoms with van der Waals surface area (Å²) in [6.07, 6.45) is 3.53. The molecule has 76 valence electrons. The molecule has 0 saturated heterocycles. The van der Waals surface area contributed by atoms with E-state index in [0.29, 0.717) is 12.0 Å². The summed E-state index contributed by atoms with van der Waals surface area (Å²) in [5, 5.41) is 2.67. The molecule has 0 rings (SSSR count). The predicted molar refractivity (Wildman–Crippen MR) is 60.6 cm³/mol. The smallest absolute Gasteiger partial charge is 0.219 e. The number of nitrogens with one attached hydrogen (secondary N) is 1. The van der Waals surface area contributed by atoms with Crippen LogP contribution in [0, 0.1) is 0 Å². The van der Waals surface area contributed by atoms with Crippen molar-refractivity contribution in [3.05, 3.63) is 12.7 Å². The first-order valence-electron chi connectivity index (χ1n) is 4.73. The van der Waals surface area contributed by atoms with Crippen LogP contribution in [0.3, 0.4) is 0 Å². The Hall–Kier alpha value is -0.573. The summed E-state index contributed by atoms with van der Waals surface area (Å²) in [6.45, 7) is 10.6. The van der Waals surface area contributed by atoms with Gasteiger partial charge in [-0.2, -0.15) is 0 Å². The third-order valence-electron chi connectivity index (χ3n) is 2.39. The number of allylic oxidation sites excluding steroid dienone is 1. The lowest BCUT2D eigenvalue weighted by molar-refractivity contribution is -0.120. The molecule has 0 aromatic heterocycles. The van der Waals surface area contributed by atoms with E-state index < -0.39 is 8.07 Å². The van der Waals surface area contributed by atoms with E-state index in [-0.39, 0.29) is 5.91 Å². The van der Waals surface area contributed by atoms with Gasteiger partial charge in [0.2, 0.25) is 5.91 Å². The normalized spacial score (nSPS) is 13.5. The van der Waals surface area contributed by atoms with E-state index >= 15 is 0 Å². The molecular weight excluding hydrogens is 178 g/mol. The van der Waals surface area contributed by atoms with Gasteiger partial charge < -0.3 is 5.32 Å². The van der Waals surface area contributed by atoms with Gasteiger partial charge in [0.05, 0.1) is 0 Å². The summed E-state index contributed by atoms with van der Waals surface area (Å²) in [4.78, 5) is 11.2. The maximum atomic E-state index is 11.2. The number of carbonyl (C=O) groups excluding carboxylic acids is 1. The fourth-order valence-electron chi connectivity index (χ4n) is 1.27. The minimum absolute atomic E-state index is 0.147. The molecule has 13 heavy (non-hydrogen) atoms. The molecule has 0 heterocycles. The second kappa shape index (κ2) is 5.22. The van der Waals surface area contributed by atoms with Crippen LogP contribution in [0.4, 0.5) is 0 Å². The average Bonchev–Trinajstić information content (AvgIpc) is 2.01. The summed E-state index contributed by atoms with van der Waals surface area (Å²) in [5.74, 6) is 0.147. The van der Waals surface area contributed by atoms with Crippen molar-refractivity contribution in [3.8, 4) is 0 Å². The maximum absolute atomic E-state index is 11.2. The number of hydrogen-bond donors (Lipinski definition) is 1. The molecule has 2 nitrogen and oxygen atoms in total. The molecule has 0 aromatic carbocycles. The molecule has 0 bridgehead atoms. The van der Waals surface area contributed by atoms with E-state index in [4.69, 9.17) is 0 Å². The lowest BCUT2D eigenvalue weighted by Gasteiger charge is -2.27. The Kier molecular flexibility index (Phi) is 4.99. The van der Waals surface area contributed by atoms with Gasteiger partial charge in [0, 0.05) is 21.5 Å². The van der Waals surface area contributed by atoms with E-state index in [0.717, 1.165) is 6.42 Å². The molecule has 0 aliphatic heterocycles. The zero-order chi connectivity index (χ0) is 10.5. The van der Waals surface area contributed by atoms with Crippen LogP contribution in [0.2, 0.25) is 25.2 Å². The Labute approximate surface area is 82.4 Å². The highest BCUT2D eigenvalue weighted by atomic mass is 28.3. The lowest BCUT2D eigenvalue weighted by Crippen LogP contribution is -2.32. The third kappa shape index (κ3) is 4.88. The van der Waals surface area contributed by atoms with E-state index in [2.05, 4.69) is 31.5 Å². The molecule has 0 aliphatic carbocycles. The number of rotatable bonds is 5. The quantitative estimate of drug-likeness (QED) is 0.535. The fraction of sp³-hybridized carbons (Fsp3) is 0.700. The highest BCUT2D eigenvalue weighted by Gasteiger charge is 2.27. The van der Waals surface area contributed by atoms with Gasteiger partial charge in [-0.25, -0.2) is 0 Å². The fourth-order valence-corrected chi connectivity index (χ4v) is 2.94. The van der Waals surface area contributed by atoms with Gasteiger partial charge in [-0.1, -0.05) is 25.7 Å². The first-order chi connectivity index (χ1) is 5.91. The summed E-state index contributed by atoms with van der Waals surface area (Å²) in [6, 6.07) is 0. The van der Waals surface area contributed by atoms with E-state index in [1.165, 1.54) is 0 Å². The first kappa shape index (κ1) is 12.4. The van der Waals surface area contributed by atoms with Gasteiger partial charge in [0.25, 0.3) is 0 Å². The van der Waals surface area contributed by atoms with E-state index in [9.17, 15) is 4.79 Å². The van der Waals surface area contributed by atoms with Crippen molar-refractivity contribution in [2.45, 2.75) is 38.0 Å². The van der Waals surface area contributed by atoms with Crippen molar-refractivity contribution in [2.75, 3.05) is 7.05 Å². The zero-order valence-corrected chi connectivity index (χ0v) is 10.2. The highest BCUT2D eigenvalue weighted by Crippen LogP contribution is 2.29. The average molecular weight is 199 g/mol. The molecule has 0 spiro atoms. The summed E-state index contributed by atoms with van der Waals surface area (Å²) in [7, 11) is 0.473. The summed E-state index contributed by atoms with van der Waals surface area (Å²) >= 11 is 0. The number of hydrogen-bond acceptors (Lipinski definition) is 1. The topological polar surface area (TPSA) is 29.1 Å². The second-order valence-electron chi connectivity index (χ2n) is 4.46. The van der Waals surface area contributed by atoms with Crippen molar-refractivity contribution in [2.24, 2.45) is 0 Å². The van der Waals surface area contributed by atoms with Gasteiger partial charge in [0.1, 0.15) is 0 Å². The molecular formula is C10H21NOSi. The van der Waals surface area contributed by atoms with Gasteiger partial charge >= 0.3 is 0 Å². The van der Waals surface area contributed by atoms with Crippen LogP contribution in [-0.4, -0.2) is 21.0 Å². The van der Waals surface area contributed by atoms with Gasteiger partial charge in [-0.15, -0.1) is 6.58 Å². The molecule has 0 aromatic rings. The van der Waals surface area contributed by atoms with Crippen molar-refractivity contribution in [1.82, 2.24) is 5.32 Å². The molecule has 3 heteroatoms. The first-order valence-corrected chi connectivity index (χ1v) is 8.31. The number of amides is 1. The number of carbonyl (C=O) groups is 1. The summed E-state index contributed by atoms with van der Waals surface area (Å²) in [5.41, 5.74) is 0.518. The lowest BCUT2D eigenvalue weighted by atomic mass is 10.2. The Morgan fingerprint density at radius 2 is 2.08 bits per heavy atom. The van der Waals surface area contributed by atoms with Crippen molar-refractivity contribution in [1.29, 1.82) is 0 Å². The van der Waals surface area contributed by atoms with Crippen molar-refractivity contribution < 1.29 is 4.79 Å². The minimum atomic E-state index is -1.22. The summed E-state index contributed by atoms with van der Waals surface area (Å²) < 4.78 is 0. The van der Waals surface area contributed by atoms with Crippen LogP contribution in [0.15, 0.2) is 12.7 Å². The molecule has 0 fully saturated rings. The van der Waals surface area contributed by atoms with Crippen LogP contribution < -0.4 is 5.32 Å².